The largest absolute Gasteiger partial charge is 0.496 e. The Kier molecular flexibility index (Phi) is 6.59. The van der Waals surface area contributed by atoms with Crippen molar-refractivity contribution in [2.24, 2.45) is 0 Å². The molecule has 0 aliphatic heterocycles. The van der Waals surface area contributed by atoms with E-state index in [0.717, 1.165) is 12.1 Å². The van der Waals surface area contributed by atoms with E-state index in [1.165, 1.54) is 44.6 Å². The molecule has 11 heteroatoms. The third-order valence-electron chi connectivity index (χ3n) is 4.31. The summed E-state index contributed by atoms with van der Waals surface area (Å²) in [5, 5.41) is 13.8. The molecule has 0 saturated carbocycles. The van der Waals surface area contributed by atoms with Crippen LogP contribution in [0, 0.1) is 10.1 Å². The van der Waals surface area contributed by atoms with Gasteiger partial charge >= 0.3 is 15.8 Å². The normalized spacial score (nSPS) is 10.8. The van der Waals surface area contributed by atoms with Gasteiger partial charge in [0.05, 0.1) is 24.7 Å². The summed E-state index contributed by atoms with van der Waals surface area (Å²) in [5.41, 5.74) is 0.219. The molecular weight excluding hydrogens is 440 g/mol. The lowest BCUT2D eigenvalue weighted by Gasteiger charge is -2.11. The molecule has 32 heavy (non-hydrogen) atoms. The Balaban J connectivity index is 1.76. The molecule has 3 aromatic carbocycles. The van der Waals surface area contributed by atoms with Crippen molar-refractivity contribution >= 4 is 27.4 Å². The number of nitro groups is 1. The van der Waals surface area contributed by atoms with Crippen LogP contribution in [0.2, 0.25) is 0 Å². The summed E-state index contributed by atoms with van der Waals surface area (Å²) in [5.74, 6) is -0.123. The van der Waals surface area contributed by atoms with Crippen LogP contribution in [0.3, 0.4) is 0 Å². The van der Waals surface area contributed by atoms with Crippen molar-refractivity contribution in [2.45, 2.75) is 4.90 Å². The molecule has 0 spiro atoms. The molecule has 166 valence electrons. The maximum Gasteiger partial charge on any atom is 0.339 e. The van der Waals surface area contributed by atoms with Gasteiger partial charge in [0.1, 0.15) is 16.4 Å². The van der Waals surface area contributed by atoms with Crippen LogP contribution < -0.4 is 19.0 Å². The highest BCUT2D eigenvalue weighted by Gasteiger charge is 2.23. The van der Waals surface area contributed by atoms with Crippen LogP contribution in [0.5, 0.6) is 17.2 Å². The van der Waals surface area contributed by atoms with Crippen LogP contribution in [-0.2, 0) is 10.1 Å². The van der Waals surface area contributed by atoms with Crippen LogP contribution >= 0.6 is 0 Å². The van der Waals surface area contributed by atoms with Crippen molar-refractivity contribution in [2.75, 3.05) is 19.5 Å². The average Bonchev–Trinajstić information content (AvgIpc) is 2.79. The number of nitrogens with zero attached hydrogens (tertiary/aromatic N) is 1. The quantitative estimate of drug-likeness (QED) is 0.307. The Hall–Kier alpha value is -4.12. The van der Waals surface area contributed by atoms with Gasteiger partial charge in [-0.3, -0.25) is 14.9 Å². The Morgan fingerprint density at radius 2 is 1.59 bits per heavy atom. The van der Waals surface area contributed by atoms with Crippen LogP contribution in [0.4, 0.5) is 11.4 Å². The number of carbonyl (C=O) groups is 1. The maximum absolute atomic E-state index is 12.5. The molecule has 0 aromatic heterocycles. The molecule has 0 unspecified atom stereocenters. The second kappa shape index (κ2) is 9.35. The summed E-state index contributed by atoms with van der Waals surface area (Å²) in [4.78, 5) is 22.4. The number of carbonyl (C=O) groups excluding carboxylic acids is 1. The molecule has 0 saturated heterocycles. The number of hydrogen-bond acceptors (Lipinski definition) is 8. The van der Waals surface area contributed by atoms with Gasteiger partial charge < -0.3 is 19.0 Å². The van der Waals surface area contributed by atoms with Gasteiger partial charge in [0.15, 0.2) is 5.75 Å². The molecular formula is C21H18N2O8S. The van der Waals surface area contributed by atoms with Crippen molar-refractivity contribution in [1.29, 1.82) is 0 Å². The van der Waals surface area contributed by atoms with E-state index in [9.17, 15) is 23.3 Å². The summed E-state index contributed by atoms with van der Waals surface area (Å²) in [6.07, 6.45) is 0. The molecule has 0 aliphatic carbocycles. The first-order chi connectivity index (χ1) is 15.2. The minimum atomic E-state index is -4.35. The molecule has 3 rings (SSSR count). The van der Waals surface area contributed by atoms with Crippen molar-refractivity contribution in [3.8, 4) is 17.2 Å². The zero-order chi connectivity index (χ0) is 23.3. The summed E-state index contributed by atoms with van der Waals surface area (Å²) in [6.45, 7) is 0. The smallest absolute Gasteiger partial charge is 0.339 e. The van der Waals surface area contributed by atoms with Crippen molar-refractivity contribution in [3.05, 3.63) is 82.4 Å². The third kappa shape index (κ3) is 4.95. The number of benzene rings is 3. The highest BCUT2D eigenvalue weighted by atomic mass is 32.2. The molecule has 0 atom stereocenters. The molecule has 0 aliphatic rings. The number of anilines is 1. The fourth-order valence-corrected chi connectivity index (χ4v) is 3.72. The molecule has 3 aromatic rings. The van der Waals surface area contributed by atoms with Crippen LogP contribution in [0.15, 0.2) is 71.6 Å². The number of para-hydroxylation sites is 1. The summed E-state index contributed by atoms with van der Waals surface area (Å²) >= 11 is 0. The van der Waals surface area contributed by atoms with Crippen molar-refractivity contribution in [3.63, 3.8) is 0 Å². The van der Waals surface area contributed by atoms with Gasteiger partial charge in [-0.1, -0.05) is 12.1 Å². The van der Waals surface area contributed by atoms with Crippen LogP contribution in [0.25, 0.3) is 0 Å². The van der Waals surface area contributed by atoms with E-state index >= 15 is 0 Å². The van der Waals surface area contributed by atoms with Gasteiger partial charge in [-0.05, 0) is 48.5 Å². The first kappa shape index (κ1) is 22.6. The topological polar surface area (TPSA) is 134 Å². The lowest BCUT2D eigenvalue weighted by Crippen LogP contribution is -2.13. The molecule has 0 radical (unpaired) electrons. The second-order valence-electron chi connectivity index (χ2n) is 6.31. The van der Waals surface area contributed by atoms with Crippen molar-refractivity contribution in [1.82, 2.24) is 0 Å². The zero-order valence-corrected chi connectivity index (χ0v) is 17.8. The summed E-state index contributed by atoms with van der Waals surface area (Å²) in [7, 11) is -1.65. The fourth-order valence-electron chi connectivity index (χ4n) is 2.77. The van der Waals surface area contributed by atoms with Crippen LogP contribution in [0.1, 0.15) is 10.4 Å². The number of rotatable bonds is 8. The molecule has 10 nitrogen and oxygen atoms in total. The first-order valence-electron chi connectivity index (χ1n) is 9.06. The van der Waals surface area contributed by atoms with E-state index in [1.807, 2.05) is 0 Å². The highest BCUT2D eigenvalue weighted by Crippen LogP contribution is 2.30. The van der Waals surface area contributed by atoms with Gasteiger partial charge in [0, 0.05) is 11.8 Å². The van der Waals surface area contributed by atoms with Crippen molar-refractivity contribution < 1.29 is 31.8 Å². The lowest BCUT2D eigenvalue weighted by atomic mass is 10.2. The number of nitro benzene ring substituents is 1. The first-order valence-corrected chi connectivity index (χ1v) is 10.5. The molecule has 0 bridgehead atoms. The Bertz CT molecular complexity index is 1260. The third-order valence-corrected chi connectivity index (χ3v) is 5.55. The summed E-state index contributed by atoms with van der Waals surface area (Å²) < 4.78 is 40.1. The minimum absolute atomic E-state index is 0.0428. The maximum atomic E-state index is 12.5. The Morgan fingerprint density at radius 3 is 2.22 bits per heavy atom. The second-order valence-corrected chi connectivity index (χ2v) is 7.85. The SMILES string of the molecule is COc1ccccc1C(=O)Nc1ccc(OS(=O)(=O)c2ccc(OC)c([N+](=O)[O-])c2)cc1. The van der Waals surface area contributed by atoms with E-state index in [2.05, 4.69) is 5.32 Å². The van der Waals surface area contributed by atoms with E-state index in [0.29, 0.717) is 17.0 Å². The number of ether oxygens (including phenoxy) is 2. The molecule has 0 fully saturated rings. The monoisotopic (exact) mass is 458 g/mol. The number of amides is 1. The van der Waals surface area contributed by atoms with E-state index in [4.69, 9.17) is 13.7 Å². The van der Waals surface area contributed by atoms with E-state index in [1.54, 1.807) is 24.3 Å². The van der Waals surface area contributed by atoms with Gasteiger partial charge in [0.2, 0.25) is 0 Å². The predicted molar refractivity (Wildman–Crippen MR) is 115 cm³/mol. The molecule has 1 N–H and O–H groups in total. The lowest BCUT2D eigenvalue weighted by molar-refractivity contribution is -0.386. The average molecular weight is 458 g/mol. The number of nitrogens with one attached hydrogen (secondary N) is 1. The van der Waals surface area contributed by atoms with E-state index < -0.39 is 31.5 Å². The van der Waals surface area contributed by atoms with Gasteiger partial charge in [-0.25, -0.2) is 0 Å². The van der Waals surface area contributed by atoms with Gasteiger partial charge in [-0.15, -0.1) is 0 Å². The molecule has 1 amide bonds. The van der Waals surface area contributed by atoms with Gasteiger partial charge in [-0.2, -0.15) is 8.42 Å². The van der Waals surface area contributed by atoms with E-state index in [-0.39, 0.29) is 11.5 Å². The number of hydrogen-bond donors (Lipinski definition) is 1. The van der Waals surface area contributed by atoms with Crippen LogP contribution in [-0.4, -0.2) is 33.5 Å². The number of methoxy groups -OCH3 is 2. The summed E-state index contributed by atoms with van der Waals surface area (Å²) in [6, 6.07) is 15.4. The Morgan fingerprint density at radius 1 is 0.938 bits per heavy atom. The highest BCUT2D eigenvalue weighted by molar-refractivity contribution is 7.87. The molecule has 0 heterocycles. The Labute approximate surface area is 183 Å². The fraction of sp³-hybridized carbons (Fsp3) is 0.0952. The van der Waals surface area contributed by atoms with Gasteiger partial charge in [0.25, 0.3) is 5.91 Å². The zero-order valence-electron chi connectivity index (χ0n) is 17.0. The standard InChI is InChI=1S/C21H18N2O8S/c1-29-19-6-4-3-5-17(19)21(24)22-14-7-9-15(10-8-14)31-32(27,28)16-11-12-20(30-2)18(13-16)23(25)26/h3-13H,1-2H3,(H,22,24). The minimum Gasteiger partial charge on any atom is -0.496 e. The predicted octanol–water partition coefficient (Wildman–Crippen LogP) is 3.63.